The summed E-state index contributed by atoms with van der Waals surface area (Å²) in [5.41, 5.74) is 4.14. The van der Waals surface area contributed by atoms with E-state index in [2.05, 4.69) is 17.1 Å². The van der Waals surface area contributed by atoms with Crippen LogP contribution in [0.2, 0.25) is 5.15 Å². The van der Waals surface area contributed by atoms with Crippen molar-refractivity contribution >= 4 is 17.2 Å². The molecule has 1 unspecified atom stereocenters. The topological polar surface area (TPSA) is 59.2 Å². The number of aryl methyl sites for hydroxylation is 1. The molecule has 5 nitrogen and oxygen atoms in total. The molecule has 144 valence electrons. The van der Waals surface area contributed by atoms with Crippen LogP contribution >= 0.6 is 11.6 Å². The third-order valence-electron chi connectivity index (χ3n) is 5.67. The Labute approximate surface area is 172 Å². The standard InChI is InChI=1S/C23H18ClN3O2/c24-19-11-8-15(13-25-19)14-27-20-7-3-4-12-26(20)22(28)21(23(27)29)18-10-9-16-5-1-2-6-17(16)18/h1-8,11-13,18H,9-10,14H2/p+1. The highest BCUT2D eigenvalue weighted by molar-refractivity contribution is 6.29. The Bertz CT molecular complexity index is 1280. The molecule has 3 heterocycles. The lowest BCUT2D eigenvalue weighted by molar-refractivity contribution is -0.533. The van der Waals surface area contributed by atoms with E-state index in [1.165, 1.54) is 5.56 Å². The third kappa shape index (κ3) is 2.98. The number of hydrogen-bond acceptors (Lipinski definition) is 3. The van der Waals surface area contributed by atoms with Gasteiger partial charge in [-0.25, -0.2) is 9.78 Å². The molecule has 0 saturated carbocycles. The molecule has 0 aliphatic heterocycles. The SMILES string of the molecule is O=c1c(C2CCc3ccccc32)c(O)n(Cc2ccc(Cl)nc2)c2cccc[n+]12. The van der Waals surface area contributed by atoms with Crippen LogP contribution in [0.4, 0.5) is 0 Å². The minimum absolute atomic E-state index is 0.0119. The predicted molar refractivity (Wildman–Crippen MR) is 110 cm³/mol. The first-order valence-electron chi connectivity index (χ1n) is 9.58. The first-order chi connectivity index (χ1) is 14.1. The molecule has 6 heteroatoms. The molecule has 0 fully saturated rings. The summed E-state index contributed by atoms with van der Waals surface area (Å²) >= 11 is 5.91. The van der Waals surface area contributed by atoms with Crippen LogP contribution in [0.15, 0.2) is 71.8 Å². The number of rotatable bonds is 3. The van der Waals surface area contributed by atoms with Gasteiger partial charge in [-0.15, -0.1) is 0 Å². The molecule has 3 aromatic heterocycles. The Hall–Kier alpha value is -3.18. The summed E-state index contributed by atoms with van der Waals surface area (Å²) in [7, 11) is 0. The summed E-state index contributed by atoms with van der Waals surface area (Å²) in [6.07, 6.45) is 5.14. The predicted octanol–water partition coefficient (Wildman–Crippen LogP) is 3.47. The molecule has 0 radical (unpaired) electrons. The first kappa shape index (κ1) is 17.9. The van der Waals surface area contributed by atoms with Crippen molar-refractivity contribution < 1.29 is 9.51 Å². The summed E-state index contributed by atoms with van der Waals surface area (Å²) in [6, 6.07) is 17.3. The van der Waals surface area contributed by atoms with Gasteiger partial charge >= 0.3 is 5.56 Å². The Morgan fingerprint density at radius 3 is 2.79 bits per heavy atom. The zero-order valence-electron chi connectivity index (χ0n) is 15.6. The average molecular weight is 405 g/mol. The fourth-order valence-electron chi connectivity index (χ4n) is 4.31. The molecule has 1 aromatic carbocycles. The van der Waals surface area contributed by atoms with E-state index >= 15 is 0 Å². The summed E-state index contributed by atoms with van der Waals surface area (Å²) < 4.78 is 3.38. The van der Waals surface area contributed by atoms with E-state index in [1.807, 2.05) is 36.4 Å². The number of fused-ring (bicyclic) bond motifs is 2. The molecule has 29 heavy (non-hydrogen) atoms. The second kappa shape index (κ2) is 7.01. The fourth-order valence-corrected chi connectivity index (χ4v) is 4.42. The first-order valence-corrected chi connectivity index (χ1v) is 9.95. The maximum atomic E-state index is 13.4. The lowest BCUT2D eigenvalue weighted by Crippen LogP contribution is -2.45. The van der Waals surface area contributed by atoms with E-state index < -0.39 is 0 Å². The fraction of sp³-hybridized carbons (Fsp3) is 0.174. The van der Waals surface area contributed by atoms with Crippen LogP contribution in [0.1, 0.15) is 34.6 Å². The van der Waals surface area contributed by atoms with Gasteiger partial charge in [0.2, 0.25) is 0 Å². The minimum atomic E-state index is -0.176. The van der Waals surface area contributed by atoms with Gasteiger partial charge < -0.3 is 5.11 Å². The van der Waals surface area contributed by atoms with Crippen LogP contribution < -0.4 is 9.96 Å². The number of aromatic hydroxyl groups is 1. The van der Waals surface area contributed by atoms with Crippen molar-refractivity contribution in [3.63, 3.8) is 0 Å². The molecule has 1 N–H and O–H groups in total. The van der Waals surface area contributed by atoms with Crippen molar-refractivity contribution in [1.82, 2.24) is 9.55 Å². The highest BCUT2D eigenvalue weighted by atomic mass is 35.5. The maximum absolute atomic E-state index is 13.4. The van der Waals surface area contributed by atoms with Gasteiger partial charge in [-0.2, -0.15) is 8.97 Å². The lowest BCUT2D eigenvalue weighted by atomic mass is 9.94. The number of aromatic nitrogens is 3. The van der Waals surface area contributed by atoms with Gasteiger partial charge in [0, 0.05) is 23.7 Å². The van der Waals surface area contributed by atoms with Crippen LogP contribution in [0.25, 0.3) is 5.65 Å². The molecule has 1 atom stereocenters. The monoisotopic (exact) mass is 404 g/mol. The van der Waals surface area contributed by atoms with Crippen LogP contribution in [0, 0.1) is 0 Å². The van der Waals surface area contributed by atoms with Gasteiger partial charge in [-0.1, -0.05) is 48.0 Å². The van der Waals surface area contributed by atoms with Crippen LogP contribution in [0.3, 0.4) is 0 Å². The third-order valence-corrected chi connectivity index (χ3v) is 5.89. The summed E-state index contributed by atoms with van der Waals surface area (Å²) in [6.45, 7) is 0.380. The van der Waals surface area contributed by atoms with E-state index in [4.69, 9.17) is 11.6 Å². The van der Waals surface area contributed by atoms with Crippen molar-refractivity contribution in [2.45, 2.75) is 25.3 Å². The van der Waals surface area contributed by atoms with Crippen LogP contribution in [-0.4, -0.2) is 14.7 Å². The Morgan fingerprint density at radius 2 is 1.97 bits per heavy atom. The average Bonchev–Trinajstić information content (AvgIpc) is 3.17. The van der Waals surface area contributed by atoms with E-state index in [-0.39, 0.29) is 17.4 Å². The molecule has 5 rings (SSSR count). The molecule has 0 amide bonds. The summed E-state index contributed by atoms with van der Waals surface area (Å²) in [4.78, 5) is 17.5. The smallest absolute Gasteiger partial charge is 0.350 e. The quantitative estimate of drug-likeness (QED) is 0.420. The molecule has 4 aromatic rings. The van der Waals surface area contributed by atoms with Gasteiger partial charge in [0.25, 0.3) is 11.5 Å². The molecular weight excluding hydrogens is 386 g/mol. The van der Waals surface area contributed by atoms with Gasteiger partial charge in [0.15, 0.2) is 0 Å². The van der Waals surface area contributed by atoms with Gasteiger partial charge in [0.05, 0.1) is 6.20 Å². The normalized spacial score (nSPS) is 15.6. The van der Waals surface area contributed by atoms with Crippen LogP contribution in [-0.2, 0) is 13.0 Å². The van der Waals surface area contributed by atoms with Gasteiger partial charge in [-0.05, 0) is 36.1 Å². The Balaban J connectivity index is 1.73. The molecule has 1 aliphatic carbocycles. The number of hydrogen-bond donors (Lipinski definition) is 1. The lowest BCUT2D eigenvalue weighted by Gasteiger charge is -2.14. The number of benzene rings is 1. The van der Waals surface area contributed by atoms with Crippen molar-refractivity contribution in [2.24, 2.45) is 0 Å². The summed E-state index contributed by atoms with van der Waals surface area (Å²) in [5, 5.41) is 11.7. The van der Waals surface area contributed by atoms with Gasteiger partial charge in [0.1, 0.15) is 17.3 Å². The molecule has 0 saturated heterocycles. The Morgan fingerprint density at radius 1 is 1.14 bits per heavy atom. The summed E-state index contributed by atoms with van der Waals surface area (Å²) in [5.74, 6) is -0.108. The molecular formula is C23H19ClN3O2+. The molecule has 1 aliphatic rings. The zero-order valence-corrected chi connectivity index (χ0v) is 16.4. The highest BCUT2D eigenvalue weighted by Crippen LogP contribution is 2.39. The van der Waals surface area contributed by atoms with E-state index in [1.54, 1.807) is 27.4 Å². The second-order valence-electron chi connectivity index (χ2n) is 7.34. The molecule has 0 spiro atoms. The zero-order chi connectivity index (χ0) is 20.0. The van der Waals surface area contributed by atoms with Crippen molar-refractivity contribution in [3.05, 3.63) is 105 Å². The maximum Gasteiger partial charge on any atom is 0.350 e. The molecule has 0 bridgehead atoms. The van der Waals surface area contributed by atoms with E-state index in [0.29, 0.717) is 22.9 Å². The van der Waals surface area contributed by atoms with E-state index in [0.717, 1.165) is 24.0 Å². The minimum Gasteiger partial charge on any atom is -0.477 e. The number of pyridine rings is 2. The largest absolute Gasteiger partial charge is 0.477 e. The number of nitrogens with zero attached hydrogens (tertiary/aromatic N) is 3. The van der Waals surface area contributed by atoms with Crippen molar-refractivity contribution in [3.8, 4) is 5.88 Å². The Kier molecular flexibility index (Phi) is 4.32. The highest BCUT2D eigenvalue weighted by Gasteiger charge is 2.34. The van der Waals surface area contributed by atoms with Crippen molar-refractivity contribution in [1.29, 1.82) is 0 Å². The van der Waals surface area contributed by atoms with Crippen LogP contribution in [0.5, 0.6) is 5.88 Å². The van der Waals surface area contributed by atoms with E-state index in [9.17, 15) is 9.90 Å². The van der Waals surface area contributed by atoms with Crippen molar-refractivity contribution in [2.75, 3.05) is 0 Å². The second-order valence-corrected chi connectivity index (χ2v) is 7.72. The number of halogens is 1. The van der Waals surface area contributed by atoms with Gasteiger partial charge in [-0.3, -0.25) is 0 Å².